The van der Waals surface area contributed by atoms with Gasteiger partial charge < -0.3 is 10.6 Å². The highest BCUT2D eigenvalue weighted by Crippen LogP contribution is 2.25. The van der Waals surface area contributed by atoms with Crippen molar-refractivity contribution in [1.82, 2.24) is 4.90 Å². The third-order valence-electron chi connectivity index (χ3n) is 3.24. The van der Waals surface area contributed by atoms with Gasteiger partial charge in [-0.3, -0.25) is 4.79 Å². The Morgan fingerprint density at radius 1 is 1.29 bits per heavy atom. The molecule has 0 aromatic heterocycles. The molecule has 3 heteroatoms. The second kappa shape index (κ2) is 7.00. The van der Waals surface area contributed by atoms with E-state index >= 15 is 0 Å². The molecule has 0 aliphatic heterocycles. The van der Waals surface area contributed by atoms with Crippen molar-refractivity contribution in [3.63, 3.8) is 0 Å². The largest absolute Gasteiger partial charge is 0.340 e. The standard InChI is InChI=1S/C14H30N2O/c1-7-11(3)16(8-2)13(17)12(10-15)9-14(4,5)6/h11-12H,7-10,15H2,1-6H3. The smallest absolute Gasteiger partial charge is 0.227 e. The Labute approximate surface area is 107 Å². The number of hydrogen-bond donors (Lipinski definition) is 1. The van der Waals surface area contributed by atoms with E-state index in [9.17, 15) is 4.79 Å². The van der Waals surface area contributed by atoms with Gasteiger partial charge in [0.05, 0.1) is 5.92 Å². The molecule has 3 nitrogen and oxygen atoms in total. The summed E-state index contributed by atoms with van der Waals surface area (Å²) in [6.07, 6.45) is 1.85. The zero-order valence-corrected chi connectivity index (χ0v) is 12.4. The van der Waals surface area contributed by atoms with Gasteiger partial charge >= 0.3 is 0 Å². The maximum Gasteiger partial charge on any atom is 0.227 e. The second-order valence-corrected chi connectivity index (χ2v) is 6.08. The maximum atomic E-state index is 12.4. The van der Waals surface area contributed by atoms with Crippen LogP contribution in [0.25, 0.3) is 0 Å². The molecule has 0 aromatic carbocycles. The molecule has 0 saturated carbocycles. The van der Waals surface area contributed by atoms with E-state index < -0.39 is 0 Å². The summed E-state index contributed by atoms with van der Waals surface area (Å²) in [4.78, 5) is 14.4. The Hall–Kier alpha value is -0.570. The number of rotatable bonds is 6. The van der Waals surface area contributed by atoms with Crippen molar-refractivity contribution >= 4 is 5.91 Å². The van der Waals surface area contributed by atoms with Crippen molar-refractivity contribution in [3.8, 4) is 0 Å². The van der Waals surface area contributed by atoms with E-state index in [1.165, 1.54) is 0 Å². The molecule has 0 bridgehead atoms. The molecule has 2 atom stereocenters. The Bertz CT molecular complexity index is 233. The lowest BCUT2D eigenvalue weighted by Gasteiger charge is -2.33. The van der Waals surface area contributed by atoms with Crippen LogP contribution < -0.4 is 5.73 Å². The molecular weight excluding hydrogens is 212 g/mol. The normalized spacial score (nSPS) is 15.5. The SMILES string of the molecule is CCC(C)N(CC)C(=O)C(CN)CC(C)(C)C. The van der Waals surface area contributed by atoms with E-state index in [2.05, 4.69) is 34.6 Å². The van der Waals surface area contributed by atoms with E-state index in [0.29, 0.717) is 12.6 Å². The third-order valence-corrected chi connectivity index (χ3v) is 3.24. The van der Waals surface area contributed by atoms with Crippen molar-refractivity contribution in [2.75, 3.05) is 13.1 Å². The van der Waals surface area contributed by atoms with Gasteiger partial charge in [-0.2, -0.15) is 0 Å². The number of nitrogens with zero attached hydrogens (tertiary/aromatic N) is 1. The van der Waals surface area contributed by atoms with Crippen LogP contribution in [0.15, 0.2) is 0 Å². The number of carbonyl (C=O) groups excluding carboxylic acids is 1. The number of amides is 1. The molecule has 0 aliphatic rings. The van der Waals surface area contributed by atoms with Crippen molar-refractivity contribution in [3.05, 3.63) is 0 Å². The molecule has 2 N–H and O–H groups in total. The van der Waals surface area contributed by atoms with Gasteiger partial charge in [0.15, 0.2) is 0 Å². The van der Waals surface area contributed by atoms with Crippen LogP contribution in [0.3, 0.4) is 0 Å². The van der Waals surface area contributed by atoms with Crippen LogP contribution in [-0.4, -0.2) is 29.9 Å². The fourth-order valence-electron chi connectivity index (χ4n) is 2.15. The van der Waals surface area contributed by atoms with Crippen LogP contribution in [0.5, 0.6) is 0 Å². The van der Waals surface area contributed by atoms with Crippen LogP contribution in [0.1, 0.15) is 54.4 Å². The Morgan fingerprint density at radius 2 is 1.82 bits per heavy atom. The van der Waals surface area contributed by atoms with E-state index in [-0.39, 0.29) is 17.2 Å². The summed E-state index contributed by atoms with van der Waals surface area (Å²) < 4.78 is 0. The Morgan fingerprint density at radius 3 is 2.12 bits per heavy atom. The molecule has 0 spiro atoms. The summed E-state index contributed by atoms with van der Waals surface area (Å²) in [5.41, 5.74) is 5.91. The molecule has 0 rings (SSSR count). The van der Waals surface area contributed by atoms with Crippen LogP contribution in [-0.2, 0) is 4.79 Å². The predicted octanol–water partition coefficient (Wildman–Crippen LogP) is 2.64. The topological polar surface area (TPSA) is 46.3 Å². The molecular formula is C14H30N2O. The van der Waals surface area contributed by atoms with Gasteiger partial charge in [-0.25, -0.2) is 0 Å². The molecule has 2 unspecified atom stereocenters. The van der Waals surface area contributed by atoms with Gasteiger partial charge in [-0.1, -0.05) is 27.7 Å². The molecule has 102 valence electrons. The zero-order chi connectivity index (χ0) is 13.6. The van der Waals surface area contributed by atoms with Crippen LogP contribution >= 0.6 is 0 Å². The number of carbonyl (C=O) groups is 1. The highest BCUT2D eigenvalue weighted by atomic mass is 16.2. The molecule has 0 radical (unpaired) electrons. The molecule has 17 heavy (non-hydrogen) atoms. The summed E-state index contributed by atoms with van der Waals surface area (Å²) in [6, 6.07) is 0.307. The molecule has 1 amide bonds. The van der Waals surface area contributed by atoms with E-state index in [0.717, 1.165) is 19.4 Å². The zero-order valence-electron chi connectivity index (χ0n) is 12.4. The molecule has 0 heterocycles. The monoisotopic (exact) mass is 242 g/mol. The number of nitrogens with two attached hydrogens (primary N) is 1. The van der Waals surface area contributed by atoms with Crippen molar-refractivity contribution in [1.29, 1.82) is 0 Å². The summed E-state index contributed by atoms with van der Waals surface area (Å²) >= 11 is 0. The molecule has 0 saturated heterocycles. The lowest BCUT2D eigenvalue weighted by atomic mass is 9.84. The fourth-order valence-corrected chi connectivity index (χ4v) is 2.15. The summed E-state index contributed by atoms with van der Waals surface area (Å²) in [7, 11) is 0. The van der Waals surface area contributed by atoms with Crippen LogP contribution in [0.4, 0.5) is 0 Å². The lowest BCUT2D eigenvalue weighted by Crippen LogP contribution is -2.44. The predicted molar refractivity (Wildman–Crippen MR) is 73.8 cm³/mol. The van der Waals surface area contributed by atoms with Crippen molar-refractivity contribution in [2.24, 2.45) is 17.1 Å². The van der Waals surface area contributed by atoms with Gasteiger partial charge in [0.25, 0.3) is 0 Å². The van der Waals surface area contributed by atoms with Gasteiger partial charge in [0.2, 0.25) is 5.91 Å². The minimum Gasteiger partial charge on any atom is -0.340 e. The average Bonchev–Trinajstić information content (AvgIpc) is 2.25. The second-order valence-electron chi connectivity index (χ2n) is 6.08. The molecule has 0 aromatic rings. The van der Waals surface area contributed by atoms with Gasteiger partial charge in [0, 0.05) is 19.1 Å². The van der Waals surface area contributed by atoms with Gasteiger partial charge in [-0.15, -0.1) is 0 Å². The molecule has 0 fully saturated rings. The van der Waals surface area contributed by atoms with Gasteiger partial charge in [-0.05, 0) is 32.1 Å². The Balaban J connectivity index is 4.71. The summed E-state index contributed by atoms with van der Waals surface area (Å²) in [5.74, 6) is 0.184. The van der Waals surface area contributed by atoms with Gasteiger partial charge in [0.1, 0.15) is 0 Å². The minimum atomic E-state index is -0.0380. The average molecular weight is 242 g/mol. The molecule has 0 aliphatic carbocycles. The quantitative estimate of drug-likeness (QED) is 0.778. The third kappa shape index (κ3) is 5.53. The maximum absolute atomic E-state index is 12.4. The first-order chi connectivity index (χ1) is 7.76. The van der Waals surface area contributed by atoms with E-state index in [4.69, 9.17) is 5.73 Å². The van der Waals surface area contributed by atoms with Crippen molar-refractivity contribution < 1.29 is 4.79 Å². The summed E-state index contributed by atoms with van der Waals surface area (Å²) in [5, 5.41) is 0. The van der Waals surface area contributed by atoms with Crippen LogP contribution in [0.2, 0.25) is 0 Å². The van der Waals surface area contributed by atoms with Crippen molar-refractivity contribution in [2.45, 2.75) is 60.4 Å². The first-order valence-corrected chi connectivity index (χ1v) is 6.77. The fraction of sp³-hybridized carbons (Fsp3) is 0.929. The summed E-state index contributed by atoms with van der Waals surface area (Å²) in [6.45, 7) is 13.9. The first-order valence-electron chi connectivity index (χ1n) is 6.77. The van der Waals surface area contributed by atoms with Crippen LogP contribution in [0, 0.1) is 11.3 Å². The Kier molecular flexibility index (Phi) is 6.76. The lowest BCUT2D eigenvalue weighted by molar-refractivity contribution is -0.138. The highest BCUT2D eigenvalue weighted by molar-refractivity contribution is 5.79. The highest BCUT2D eigenvalue weighted by Gasteiger charge is 2.28. The van der Waals surface area contributed by atoms with E-state index in [1.807, 2.05) is 11.8 Å². The minimum absolute atomic E-state index is 0.0380. The number of hydrogen-bond acceptors (Lipinski definition) is 2. The first kappa shape index (κ1) is 16.4. The van der Waals surface area contributed by atoms with E-state index in [1.54, 1.807) is 0 Å².